The number of benzene rings is 2. The Hall–Kier alpha value is -3.18. The molecule has 0 unspecified atom stereocenters. The summed E-state index contributed by atoms with van der Waals surface area (Å²) in [5.41, 5.74) is 9.61. The van der Waals surface area contributed by atoms with Gasteiger partial charge in [-0.2, -0.15) is 0 Å². The summed E-state index contributed by atoms with van der Waals surface area (Å²) in [4.78, 5) is 8.45. The van der Waals surface area contributed by atoms with Gasteiger partial charge in [0.1, 0.15) is 11.6 Å². The van der Waals surface area contributed by atoms with Crippen molar-refractivity contribution in [3.8, 4) is 11.1 Å². The predicted octanol–water partition coefficient (Wildman–Crippen LogP) is 5.84. The van der Waals surface area contributed by atoms with Gasteiger partial charge in [0.25, 0.3) is 0 Å². The Balaban J connectivity index is 1.73. The summed E-state index contributed by atoms with van der Waals surface area (Å²) in [6, 6.07) is 16.0. The third-order valence-corrected chi connectivity index (χ3v) is 4.99. The maximum atomic E-state index is 14.6. The largest absolute Gasteiger partial charge is 0.383 e. The van der Waals surface area contributed by atoms with Gasteiger partial charge in [0.05, 0.1) is 22.3 Å². The lowest BCUT2D eigenvalue weighted by Crippen LogP contribution is -2.10. The average molecular weight is 393 g/mol. The molecule has 2 heterocycles. The lowest BCUT2D eigenvalue weighted by Gasteiger charge is -2.20. The number of nitrogens with zero attached hydrogens (tertiary/aromatic N) is 2. The van der Waals surface area contributed by atoms with Crippen molar-refractivity contribution in [2.45, 2.75) is 13.0 Å². The Bertz CT molecular complexity index is 1160. The van der Waals surface area contributed by atoms with Crippen LogP contribution in [0.1, 0.15) is 18.5 Å². The van der Waals surface area contributed by atoms with Gasteiger partial charge >= 0.3 is 0 Å². The van der Waals surface area contributed by atoms with E-state index < -0.39 is 0 Å². The number of hydrogen-bond acceptors (Lipinski definition) is 4. The Morgan fingerprint density at radius 3 is 2.71 bits per heavy atom. The van der Waals surface area contributed by atoms with Crippen molar-refractivity contribution in [3.05, 3.63) is 83.4 Å². The third kappa shape index (κ3) is 3.37. The van der Waals surface area contributed by atoms with Crippen molar-refractivity contribution in [2.75, 3.05) is 11.1 Å². The van der Waals surface area contributed by atoms with E-state index in [-0.39, 0.29) is 11.9 Å². The molecule has 1 atom stereocenters. The van der Waals surface area contributed by atoms with Gasteiger partial charge in [-0.15, -0.1) is 0 Å². The van der Waals surface area contributed by atoms with Crippen molar-refractivity contribution in [2.24, 2.45) is 0 Å². The van der Waals surface area contributed by atoms with Crippen LogP contribution in [0.2, 0.25) is 5.02 Å². The van der Waals surface area contributed by atoms with Crippen LogP contribution in [0.3, 0.4) is 0 Å². The highest BCUT2D eigenvalue weighted by molar-refractivity contribution is 6.34. The van der Waals surface area contributed by atoms with Gasteiger partial charge in [-0.05, 0) is 42.8 Å². The van der Waals surface area contributed by atoms with E-state index >= 15 is 0 Å². The fraction of sp³-hybridized carbons (Fsp3) is 0.0909. The molecule has 0 fully saturated rings. The van der Waals surface area contributed by atoms with Gasteiger partial charge in [-0.1, -0.05) is 35.9 Å². The van der Waals surface area contributed by atoms with Gasteiger partial charge in [0, 0.05) is 28.9 Å². The number of halogens is 2. The molecule has 4 rings (SSSR count). The first-order chi connectivity index (χ1) is 13.5. The number of nitrogen functional groups attached to an aromatic ring is 1. The summed E-state index contributed by atoms with van der Waals surface area (Å²) < 4.78 is 14.6. The van der Waals surface area contributed by atoms with Crippen LogP contribution in [0.15, 0.2) is 67.0 Å². The van der Waals surface area contributed by atoms with E-state index in [2.05, 4.69) is 15.3 Å². The summed E-state index contributed by atoms with van der Waals surface area (Å²) in [5, 5.41) is 4.71. The molecule has 2 aromatic carbocycles. The summed E-state index contributed by atoms with van der Waals surface area (Å²) >= 11 is 6.38. The minimum Gasteiger partial charge on any atom is -0.383 e. The van der Waals surface area contributed by atoms with E-state index in [9.17, 15) is 4.39 Å². The summed E-state index contributed by atoms with van der Waals surface area (Å²) in [7, 11) is 0. The standard InChI is InChI=1S/C22H18ClFN4/c1-13(28-21-16-5-2-3-7-20(16)27-12-18(21)23)17-11-14(8-9-19(17)24)15-6-4-10-26-22(15)25/h2-13H,1H3,(H2,25,26)(H,27,28)/t13-/m1/s1. The van der Waals surface area contributed by atoms with Crippen LogP contribution >= 0.6 is 11.6 Å². The number of aromatic nitrogens is 2. The van der Waals surface area contributed by atoms with E-state index in [0.717, 1.165) is 27.7 Å². The molecule has 0 saturated heterocycles. The molecule has 0 aliphatic rings. The SMILES string of the molecule is C[C@@H](Nc1c(Cl)cnc2ccccc12)c1cc(-c2cccnc2N)ccc1F. The van der Waals surface area contributed by atoms with E-state index in [1.807, 2.05) is 37.3 Å². The lowest BCUT2D eigenvalue weighted by molar-refractivity contribution is 0.600. The average Bonchev–Trinajstić information content (AvgIpc) is 2.71. The number of fused-ring (bicyclic) bond motifs is 1. The van der Waals surface area contributed by atoms with Crippen molar-refractivity contribution in [1.82, 2.24) is 9.97 Å². The number of hydrogen-bond donors (Lipinski definition) is 2. The van der Waals surface area contributed by atoms with Crippen LogP contribution in [0.5, 0.6) is 0 Å². The predicted molar refractivity (Wildman–Crippen MR) is 113 cm³/mol. The van der Waals surface area contributed by atoms with Crippen LogP contribution in [0, 0.1) is 5.82 Å². The van der Waals surface area contributed by atoms with Crippen LogP contribution < -0.4 is 11.1 Å². The van der Waals surface area contributed by atoms with Crippen LogP contribution in [-0.2, 0) is 0 Å². The number of nitrogens with two attached hydrogens (primary N) is 1. The molecule has 0 saturated carbocycles. The molecule has 28 heavy (non-hydrogen) atoms. The highest BCUT2D eigenvalue weighted by atomic mass is 35.5. The Kier molecular flexibility index (Phi) is 4.84. The first-order valence-electron chi connectivity index (χ1n) is 8.84. The molecule has 0 bridgehead atoms. The summed E-state index contributed by atoms with van der Waals surface area (Å²) in [6.45, 7) is 1.89. The minimum absolute atomic E-state index is 0.305. The first-order valence-corrected chi connectivity index (χ1v) is 9.22. The van der Waals surface area contributed by atoms with E-state index in [0.29, 0.717) is 16.4 Å². The van der Waals surface area contributed by atoms with Crippen LogP contribution in [-0.4, -0.2) is 9.97 Å². The van der Waals surface area contributed by atoms with E-state index in [1.54, 1.807) is 30.6 Å². The fourth-order valence-electron chi connectivity index (χ4n) is 3.26. The zero-order chi connectivity index (χ0) is 19.7. The van der Waals surface area contributed by atoms with Gasteiger partial charge in [0.15, 0.2) is 0 Å². The molecule has 2 aromatic heterocycles. The monoisotopic (exact) mass is 392 g/mol. The van der Waals surface area contributed by atoms with Gasteiger partial charge < -0.3 is 11.1 Å². The zero-order valence-electron chi connectivity index (χ0n) is 15.2. The highest BCUT2D eigenvalue weighted by Crippen LogP contribution is 2.34. The molecule has 3 N–H and O–H groups in total. The van der Waals surface area contributed by atoms with Crippen molar-refractivity contribution in [3.63, 3.8) is 0 Å². The minimum atomic E-state index is -0.332. The topological polar surface area (TPSA) is 63.8 Å². The zero-order valence-corrected chi connectivity index (χ0v) is 15.9. The number of para-hydroxylation sites is 1. The number of rotatable bonds is 4. The maximum Gasteiger partial charge on any atom is 0.131 e. The molecule has 140 valence electrons. The highest BCUT2D eigenvalue weighted by Gasteiger charge is 2.16. The smallest absolute Gasteiger partial charge is 0.131 e. The molecule has 0 aliphatic carbocycles. The molecule has 6 heteroatoms. The Morgan fingerprint density at radius 1 is 1.07 bits per heavy atom. The van der Waals surface area contributed by atoms with Crippen LogP contribution in [0.25, 0.3) is 22.0 Å². The second-order valence-corrected chi connectivity index (χ2v) is 6.94. The van der Waals surface area contributed by atoms with Crippen molar-refractivity contribution in [1.29, 1.82) is 0 Å². The molecule has 0 aliphatic heterocycles. The van der Waals surface area contributed by atoms with Gasteiger partial charge in [-0.3, -0.25) is 4.98 Å². The van der Waals surface area contributed by atoms with Crippen LogP contribution in [0.4, 0.5) is 15.9 Å². The summed E-state index contributed by atoms with van der Waals surface area (Å²) in [6.07, 6.45) is 3.23. The molecule has 0 radical (unpaired) electrons. The van der Waals surface area contributed by atoms with Crippen molar-refractivity contribution < 1.29 is 4.39 Å². The number of pyridine rings is 2. The number of anilines is 2. The quantitative estimate of drug-likeness (QED) is 0.457. The second-order valence-electron chi connectivity index (χ2n) is 6.54. The molecule has 4 aromatic rings. The fourth-order valence-corrected chi connectivity index (χ4v) is 3.47. The molecule has 4 nitrogen and oxygen atoms in total. The van der Waals surface area contributed by atoms with Gasteiger partial charge in [-0.25, -0.2) is 9.37 Å². The third-order valence-electron chi connectivity index (χ3n) is 4.70. The van der Waals surface area contributed by atoms with E-state index in [4.69, 9.17) is 17.3 Å². The number of nitrogens with one attached hydrogen (secondary N) is 1. The normalized spacial score (nSPS) is 12.1. The first kappa shape index (κ1) is 18.2. The Labute approximate surface area is 167 Å². The summed E-state index contributed by atoms with van der Waals surface area (Å²) in [5.74, 6) is 0.101. The molecular weight excluding hydrogens is 375 g/mol. The molecular formula is C22H18ClFN4. The molecule has 0 spiro atoms. The lowest BCUT2D eigenvalue weighted by atomic mass is 9.99. The molecule has 0 amide bonds. The van der Waals surface area contributed by atoms with E-state index in [1.165, 1.54) is 6.07 Å². The maximum absolute atomic E-state index is 14.6. The Morgan fingerprint density at radius 2 is 1.89 bits per heavy atom. The van der Waals surface area contributed by atoms with Crippen molar-refractivity contribution >= 4 is 34.0 Å². The second kappa shape index (κ2) is 7.44. The van der Waals surface area contributed by atoms with Gasteiger partial charge in [0.2, 0.25) is 0 Å².